The summed E-state index contributed by atoms with van der Waals surface area (Å²) < 4.78 is 0. The van der Waals surface area contributed by atoms with Gasteiger partial charge in [0, 0.05) is 0 Å². The zero-order valence-corrected chi connectivity index (χ0v) is 12.6. The van der Waals surface area contributed by atoms with E-state index in [1.54, 1.807) is 5.57 Å². The van der Waals surface area contributed by atoms with E-state index >= 15 is 0 Å². The van der Waals surface area contributed by atoms with Crippen molar-refractivity contribution in [2.75, 3.05) is 0 Å². The number of allylic oxidation sites excluding steroid dienone is 2. The van der Waals surface area contributed by atoms with Crippen molar-refractivity contribution in [3.05, 3.63) is 47.5 Å². The lowest BCUT2D eigenvalue weighted by molar-refractivity contribution is 0.428. The molecule has 1 aromatic rings. The molecular weight excluding hydrogens is 228 g/mol. The van der Waals surface area contributed by atoms with Crippen molar-refractivity contribution in [3.63, 3.8) is 0 Å². The fourth-order valence-corrected chi connectivity index (χ4v) is 3.17. The highest BCUT2D eigenvalue weighted by molar-refractivity contribution is 5.15. The van der Waals surface area contributed by atoms with Crippen molar-refractivity contribution in [2.45, 2.75) is 58.8 Å². The molecule has 0 spiro atoms. The number of benzene rings is 1. The van der Waals surface area contributed by atoms with Crippen LogP contribution in [0.3, 0.4) is 0 Å². The van der Waals surface area contributed by atoms with Crippen LogP contribution in [0.15, 0.2) is 42.0 Å². The molecule has 0 aliphatic heterocycles. The maximum Gasteiger partial charge on any atom is -0.0232 e. The molecule has 104 valence electrons. The van der Waals surface area contributed by atoms with Gasteiger partial charge in [0.05, 0.1) is 0 Å². The largest absolute Gasteiger partial charge is 0.0848 e. The minimum absolute atomic E-state index is 0.793. The molecule has 1 aliphatic carbocycles. The predicted octanol–water partition coefficient (Wildman–Crippen LogP) is 5.78. The van der Waals surface area contributed by atoms with E-state index < -0.39 is 0 Å². The Bertz CT molecular complexity index is 388. The van der Waals surface area contributed by atoms with Gasteiger partial charge in [0.15, 0.2) is 0 Å². The third-order valence-corrected chi connectivity index (χ3v) is 4.71. The monoisotopic (exact) mass is 256 g/mol. The van der Waals surface area contributed by atoms with E-state index in [0.29, 0.717) is 0 Å². The molecule has 2 atom stereocenters. The van der Waals surface area contributed by atoms with Crippen LogP contribution in [0.25, 0.3) is 0 Å². The van der Waals surface area contributed by atoms with Gasteiger partial charge in [0.25, 0.3) is 0 Å². The molecule has 0 heterocycles. The standard InChI is InChI=1S/C19H28/c1-3-17-12-14-19(15-13-17)16(2)8-7-11-18-9-5-4-6-10-18/h4-6,9-10,14,16-17H,3,7-8,11-13,15H2,1-2H3. The second-order valence-corrected chi connectivity index (χ2v) is 6.11. The minimum Gasteiger partial charge on any atom is -0.0848 e. The van der Waals surface area contributed by atoms with Gasteiger partial charge < -0.3 is 0 Å². The summed E-state index contributed by atoms with van der Waals surface area (Å²) in [5, 5.41) is 0. The van der Waals surface area contributed by atoms with E-state index in [1.165, 1.54) is 50.5 Å². The van der Waals surface area contributed by atoms with Crippen LogP contribution in [0.5, 0.6) is 0 Å². The Balaban J connectivity index is 1.73. The Kier molecular flexibility index (Phi) is 5.69. The van der Waals surface area contributed by atoms with Crippen LogP contribution >= 0.6 is 0 Å². The predicted molar refractivity (Wildman–Crippen MR) is 84.3 cm³/mol. The van der Waals surface area contributed by atoms with E-state index in [-0.39, 0.29) is 0 Å². The zero-order chi connectivity index (χ0) is 13.5. The number of rotatable bonds is 6. The molecule has 0 saturated heterocycles. The Morgan fingerprint density at radius 2 is 2.00 bits per heavy atom. The Morgan fingerprint density at radius 1 is 1.21 bits per heavy atom. The van der Waals surface area contributed by atoms with Crippen LogP contribution < -0.4 is 0 Å². The third-order valence-electron chi connectivity index (χ3n) is 4.71. The second-order valence-electron chi connectivity index (χ2n) is 6.11. The van der Waals surface area contributed by atoms with Gasteiger partial charge >= 0.3 is 0 Å². The van der Waals surface area contributed by atoms with Gasteiger partial charge in [-0.1, -0.05) is 62.2 Å². The van der Waals surface area contributed by atoms with E-state index in [1.807, 2.05) is 0 Å². The van der Waals surface area contributed by atoms with Gasteiger partial charge in [-0.05, 0) is 55.9 Å². The minimum atomic E-state index is 0.793. The van der Waals surface area contributed by atoms with Crippen molar-refractivity contribution >= 4 is 0 Å². The molecule has 0 radical (unpaired) electrons. The lowest BCUT2D eigenvalue weighted by atomic mass is 9.82. The van der Waals surface area contributed by atoms with Crippen molar-refractivity contribution in [3.8, 4) is 0 Å². The highest BCUT2D eigenvalue weighted by Gasteiger charge is 2.16. The molecule has 0 N–H and O–H groups in total. The smallest absolute Gasteiger partial charge is 0.0232 e. The molecule has 1 aliphatic rings. The van der Waals surface area contributed by atoms with E-state index in [0.717, 1.165) is 11.8 Å². The maximum atomic E-state index is 2.55. The number of aryl methyl sites for hydroxylation is 1. The molecule has 0 heteroatoms. The lowest BCUT2D eigenvalue weighted by Crippen LogP contribution is -2.09. The SMILES string of the molecule is CCC1CC=C(C(C)CCCc2ccccc2)CC1. The first-order valence-electron chi connectivity index (χ1n) is 8.02. The number of hydrogen-bond donors (Lipinski definition) is 0. The van der Waals surface area contributed by atoms with E-state index in [2.05, 4.69) is 50.3 Å². The summed E-state index contributed by atoms with van der Waals surface area (Å²) in [6.07, 6.45) is 11.9. The highest BCUT2D eigenvalue weighted by Crippen LogP contribution is 2.31. The van der Waals surface area contributed by atoms with Crippen LogP contribution in [0.2, 0.25) is 0 Å². The van der Waals surface area contributed by atoms with Gasteiger partial charge in [-0.25, -0.2) is 0 Å². The molecule has 2 unspecified atom stereocenters. The average Bonchev–Trinajstić information content (AvgIpc) is 2.48. The van der Waals surface area contributed by atoms with Crippen molar-refractivity contribution < 1.29 is 0 Å². The normalized spacial score (nSPS) is 20.9. The average molecular weight is 256 g/mol. The molecule has 0 bridgehead atoms. The van der Waals surface area contributed by atoms with Gasteiger partial charge in [0.1, 0.15) is 0 Å². The first kappa shape index (κ1) is 14.4. The second kappa shape index (κ2) is 7.53. The van der Waals surface area contributed by atoms with Gasteiger partial charge in [-0.3, -0.25) is 0 Å². The molecule has 0 nitrogen and oxygen atoms in total. The summed E-state index contributed by atoms with van der Waals surface area (Å²) >= 11 is 0. The highest BCUT2D eigenvalue weighted by atomic mass is 14.2. The van der Waals surface area contributed by atoms with E-state index in [4.69, 9.17) is 0 Å². The third kappa shape index (κ3) is 4.53. The van der Waals surface area contributed by atoms with Gasteiger partial charge in [-0.15, -0.1) is 0 Å². The first-order valence-corrected chi connectivity index (χ1v) is 8.02. The summed E-state index contributed by atoms with van der Waals surface area (Å²) in [6, 6.07) is 10.9. The summed E-state index contributed by atoms with van der Waals surface area (Å²) in [4.78, 5) is 0. The fourth-order valence-electron chi connectivity index (χ4n) is 3.17. The maximum absolute atomic E-state index is 2.55. The van der Waals surface area contributed by atoms with Crippen molar-refractivity contribution in [1.82, 2.24) is 0 Å². The molecule has 1 aromatic carbocycles. The van der Waals surface area contributed by atoms with Crippen molar-refractivity contribution in [2.24, 2.45) is 11.8 Å². The number of hydrogen-bond acceptors (Lipinski definition) is 0. The van der Waals surface area contributed by atoms with E-state index in [9.17, 15) is 0 Å². The molecule has 0 saturated carbocycles. The lowest BCUT2D eigenvalue weighted by Gasteiger charge is -2.24. The van der Waals surface area contributed by atoms with Crippen molar-refractivity contribution in [1.29, 1.82) is 0 Å². The van der Waals surface area contributed by atoms with Crippen LogP contribution in [-0.2, 0) is 6.42 Å². The quantitative estimate of drug-likeness (QED) is 0.566. The molecular formula is C19H28. The van der Waals surface area contributed by atoms with Crippen LogP contribution in [0, 0.1) is 11.8 Å². The Labute approximate surface area is 118 Å². The van der Waals surface area contributed by atoms with Gasteiger partial charge in [0.2, 0.25) is 0 Å². The molecule has 0 aromatic heterocycles. The molecule has 2 rings (SSSR count). The summed E-state index contributed by atoms with van der Waals surface area (Å²) in [5.41, 5.74) is 3.22. The Hall–Kier alpha value is -1.04. The van der Waals surface area contributed by atoms with Crippen LogP contribution in [-0.4, -0.2) is 0 Å². The summed E-state index contributed by atoms with van der Waals surface area (Å²) in [5.74, 6) is 1.75. The van der Waals surface area contributed by atoms with Gasteiger partial charge in [-0.2, -0.15) is 0 Å². The Morgan fingerprint density at radius 3 is 2.63 bits per heavy atom. The zero-order valence-electron chi connectivity index (χ0n) is 12.6. The van der Waals surface area contributed by atoms with Crippen LogP contribution in [0.4, 0.5) is 0 Å². The first-order chi connectivity index (χ1) is 9.29. The molecule has 0 fully saturated rings. The summed E-state index contributed by atoms with van der Waals surface area (Å²) in [6.45, 7) is 4.75. The van der Waals surface area contributed by atoms with Crippen LogP contribution in [0.1, 0.15) is 57.9 Å². The fraction of sp³-hybridized carbons (Fsp3) is 0.579. The summed E-state index contributed by atoms with van der Waals surface area (Å²) in [7, 11) is 0. The topological polar surface area (TPSA) is 0 Å². The molecule has 0 amide bonds. The molecule has 19 heavy (non-hydrogen) atoms.